The summed E-state index contributed by atoms with van der Waals surface area (Å²) in [5.74, 6) is 0.0271. The van der Waals surface area contributed by atoms with Crippen LogP contribution in [0.25, 0.3) is 11.0 Å². The summed E-state index contributed by atoms with van der Waals surface area (Å²) in [6, 6.07) is 15.3. The number of nitriles is 1. The molecule has 1 saturated heterocycles. The zero-order valence-corrected chi connectivity index (χ0v) is 23.0. The number of hydrogen-bond donors (Lipinski definition) is 0. The van der Waals surface area contributed by atoms with Crippen molar-refractivity contribution in [1.82, 2.24) is 24.4 Å². The van der Waals surface area contributed by atoms with Crippen molar-refractivity contribution in [1.29, 1.82) is 5.26 Å². The first kappa shape index (κ1) is 28.2. The van der Waals surface area contributed by atoms with Gasteiger partial charge in [0, 0.05) is 32.2 Å². The molecule has 3 atom stereocenters. The van der Waals surface area contributed by atoms with Gasteiger partial charge < -0.3 is 4.90 Å². The van der Waals surface area contributed by atoms with E-state index in [2.05, 4.69) is 30.8 Å². The molecule has 0 saturated carbocycles. The standard InChI is InChI=1S/C30H30F3N7O/c1-4-21-17-40(29-26-25(38(3)30(41)37-29)14-13-20(15-34)35-26)22(5-2)16-39(21)27(18-9-11-19(31)12-10-18)23-7-6-8-24(36-23)28(32)33/h6-14,21-22,27-28H,4-5,16-17H2,1-3H3/t21-,22+,27?/m1/s1. The van der Waals surface area contributed by atoms with Crippen LogP contribution < -0.4 is 10.6 Å². The number of anilines is 1. The van der Waals surface area contributed by atoms with Crippen molar-refractivity contribution in [2.75, 3.05) is 18.0 Å². The Labute approximate surface area is 235 Å². The Hall–Kier alpha value is -4.30. The van der Waals surface area contributed by atoms with Gasteiger partial charge in [-0.25, -0.2) is 27.9 Å². The molecular weight excluding hydrogens is 531 g/mol. The van der Waals surface area contributed by atoms with Gasteiger partial charge in [-0.3, -0.25) is 9.47 Å². The van der Waals surface area contributed by atoms with Crippen LogP contribution in [0, 0.1) is 17.1 Å². The normalized spacial score (nSPS) is 18.5. The van der Waals surface area contributed by atoms with Crippen molar-refractivity contribution in [3.05, 3.63) is 93.5 Å². The van der Waals surface area contributed by atoms with E-state index < -0.39 is 24.0 Å². The summed E-state index contributed by atoms with van der Waals surface area (Å²) < 4.78 is 42.6. The topological polar surface area (TPSA) is 90.9 Å². The molecule has 4 heterocycles. The van der Waals surface area contributed by atoms with Crippen LogP contribution in [0.1, 0.15) is 61.8 Å². The number of halogens is 3. The fourth-order valence-corrected chi connectivity index (χ4v) is 5.65. The lowest BCUT2D eigenvalue weighted by Crippen LogP contribution is -2.59. The predicted molar refractivity (Wildman–Crippen MR) is 149 cm³/mol. The quantitative estimate of drug-likeness (QED) is 0.309. The molecule has 1 aliphatic rings. The Morgan fingerprint density at radius 2 is 1.66 bits per heavy atom. The molecule has 0 amide bonds. The number of aryl methyl sites for hydroxylation is 1. The van der Waals surface area contributed by atoms with Crippen LogP contribution in [0.5, 0.6) is 0 Å². The SMILES string of the molecule is CC[C@H]1CN(C(c2ccc(F)cc2)c2cccc(C(F)F)n2)[C@H](CC)CN1c1nc(=O)n(C)c2ccc(C#N)nc12. The Morgan fingerprint density at radius 3 is 2.32 bits per heavy atom. The van der Waals surface area contributed by atoms with Gasteiger partial charge in [0.15, 0.2) is 5.82 Å². The molecule has 3 aromatic heterocycles. The van der Waals surface area contributed by atoms with Crippen LogP contribution in [0.3, 0.4) is 0 Å². The number of pyridine rings is 2. The van der Waals surface area contributed by atoms with E-state index in [9.17, 15) is 23.2 Å². The minimum atomic E-state index is -2.73. The van der Waals surface area contributed by atoms with E-state index in [1.165, 1.54) is 22.8 Å². The first-order chi connectivity index (χ1) is 19.7. The van der Waals surface area contributed by atoms with E-state index in [4.69, 9.17) is 0 Å². The van der Waals surface area contributed by atoms with E-state index in [1.54, 1.807) is 43.4 Å². The van der Waals surface area contributed by atoms with Crippen LogP contribution in [0.2, 0.25) is 0 Å². The van der Waals surface area contributed by atoms with Gasteiger partial charge in [0.25, 0.3) is 6.43 Å². The zero-order valence-electron chi connectivity index (χ0n) is 23.0. The predicted octanol–water partition coefficient (Wildman–Crippen LogP) is 5.14. The number of fused-ring (bicyclic) bond motifs is 1. The highest BCUT2D eigenvalue weighted by atomic mass is 19.3. The average Bonchev–Trinajstić information content (AvgIpc) is 2.99. The molecule has 41 heavy (non-hydrogen) atoms. The van der Waals surface area contributed by atoms with E-state index in [0.717, 1.165) is 5.56 Å². The summed E-state index contributed by atoms with van der Waals surface area (Å²) in [5, 5.41) is 9.49. The molecule has 212 valence electrons. The number of aromatic nitrogens is 4. The molecule has 4 aromatic rings. The van der Waals surface area contributed by atoms with Gasteiger partial charge in [-0.1, -0.05) is 32.0 Å². The summed E-state index contributed by atoms with van der Waals surface area (Å²) in [7, 11) is 1.62. The summed E-state index contributed by atoms with van der Waals surface area (Å²) >= 11 is 0. The molecular formula is C30H30F3N7O. The Morgan fingerprint density at radius 1 is 0.951 bits per heavy atom. The summed E-state index contributed by atoms with van der Waals surface area (Å²) in [6.45, 7) is 5.03. The number of alkyl halides is 2. The van der Waals surface area contributed by atoms with Crippen LogP contribution in [0.15, 0.2) is 59.4 Å². The molecule has 0 radical (unpaired) electrons. The maximum Gasteiger partial charge on any atom is 0.349 e. The zero-order chi connectivity index (χ0) is 29.3. The van der Waals surface area contributed by atoms with E-state index in [-0.39, 0.29) is 23.5 Å². The van der Waals surface area contributed by atoms with Crippen molar-refractivity contribution in [2.24, 2.45) is 7.05 Å². The highest BCUT2D eigenvalue weighted by molar-refractivity contribution is 5.86. The molecule has 5 rings (SSSR count). The summed E-state index contributed by atoms with van der Waals surface area (Å²) in [6.07, 6.45) is -1.35. The van der Waals surface area contributed by atoms with Crippen LogP contribution in [-0.4, -0.2) is 49.6 Å². The van der Waals surface area contributed by atoms with Crippen LogP contribution in [0.4, 0.5) is 19.0 Å². The summed E-state index contributed by atoms with van der Waals surface area (Å²) in [4.78, 5) is 30.4. The monoisotopic (exact) mass is 561 g/mol. The second-order valence-corrected chi connectivity index (χ2v) is 10.2. The van der Waals surface area contributed by atoms with Crippen molar-refractivity contribution < 1.29 is 13.2 Å². The average molecular weight is 562 g/mol. The minimum Gasteiger partial charge on any atom is -0.349 e. The smallest absolute Gasteiger partial charge is 0.349 e. The fourth-order valence-electron chi connectivity index (χ4n) is 5.65. The Balaban J connectivity index is 1.62. The molecule has 0 spiro atoms. The van der Waals surface area contributed by atoms with E-state index in [0.29, 0.717) is 48.5 Å². The van der Waals surface area contributed by atoms with Gasteiger partial charge >= 0.3 is 5.69 Å². The van der Waals surface area contributed by atoms with Gasteiger partial charge in [0.05, 0.1) is 17.3 Å². The third kappa shape index (κ3) is 5.39. The lowest BCUT2D eigenvalue weighted by molar-refractivity contribution is 0.107. The maximum absolute atomic E-state index is 13.9. The second-order valence-electron chi connectivity index (χ2n) is 10.2. The van der Waals surface area contributed by atoms with Crippen molar-refractivity contribution in [2.45, 2.75) is 51.2 Å². The molecule has 1 aromatic carbocycles. The molecule has 0 N–H and O–H groups in total. The molecule has 1 fully saturated rings. The molecule has 1 unspecified atom stereocenters. The second kappa shape index (κ2) is 11.7. The number of nitrogens with zero attached hydrogens (tertiary/aromatic N) is 7. The highest BCUT2D eigenvalue weighted by Gasteiger charge is 2.39. The lowest BCUT2D eigenvalue weighted by Gasteiger charge is -2.49. The first-order valence-corrected chi connectivity index (χ1v) is 13.6. The number of hydrogen-bond acceptors (Lipinski definition) is 7. The van der Waals surface area contributed by atoms with Gasteiger partial charge in [-0.15, -0.1) is 0 Å². The maximum atomic E-state index is 13.9. The summed E-state index contributed by atoms with van der Waals surface area (Å²) in [5.41, 5.74) is 1.71. The number of benzene rings is 1. The van der Waals surface area contributed by atoms with Crippen molar-refractivity contribution in [3.8, 4) is 6.07 Å². The molecule has 11 heteroatoms. The minimum absolute atomic E-state index is 0.107. The highest BCUT2D eigenvalue weighted by Crippen LogP contribution is 2.37. The Bertz CT molecular complexity index is 1650. The molecule has 0 aliphatic carbocycles. The Kier molecular flexibility index (Phi) is 8.03. The molecule has 1 aliphatic heterocycles. The van der Waals surface area contributed by atoms with Crippen molar-refractivity contribution >= 4 is 16.9 Å². The van der Waals surface area contributed by atoms with Gasteiger partial charge in [0.2, 0.25) is 0 Å². The number of piperazine rings is 1. The van der Waals surface area contributed by atoms with Gasteiger partial charge in [-0.2, -0.15) is 10.2 Å². The van der Waals surface area contributed by atoms with E-state index >= 15 is 0 Å². The van der Waals surface area contributed by atoms with Crippen LogP contribution in [-0.2, 0) is 7.05 Å². The van der Waals surface area contributed by atoms with Gasteiger partial charge in [0.1, 0.15) is 28.8 Å². The molecule has 8 nitrogen and oxygen atoms in total. The fraction of sp³-hybridized carbons (Fsp3) is 0.367. The van der Waals surface area contributed by atoms with E-state index in [1.807, 2.05) is 13.8 Å². The first-order valence-electron chi connectivity index (χ1n) is 13.6. The lowest BCUT2D eigenvalue weighted by atomic mass is 9.94. The third-order valence-electron chi connectivity index (χ3n) is 7.82. The third-order valence-corrected chi connectivity index (χ3v) is 7.82. The molecule has 0 bridgehead atoms. The van der Waals surface area contributed by atoms with Crippen molar-refractivity contribution in [3.63, 3.8) is 0 Å². The number of rotatable bonds is 7. The largest absolute Gasteiger partial charge is 0.349 e. The van der Waals surface area contributed by atoms with Crippen LogP contribution >= 0.6 is 0 Å². The van der Waals surface area contributed by atoms with Gasteiger partial charge in [-0.05, 0) is 54.8 Å².